The van der Waals surface area contributed by atoms with E-state index in [1.54, 1.807) is 24.3 Å². The quantitative estimate of drug-likeness (QED) is 0.0827. The maximum absolute atomic E-state index is 14.1. The van der Waals surface area contributed by atoms with Gasteiger partial charge in [0.1, 0.15) is 51.9 Å². The number of anilines is 1. The number of hydrogen-bond acceptors (Lipinski definition) is 8. The molecule has 0 aliphatic carbocycles. The first-order valence-corrected chi connectivity index (χ1v) is 15.8. The van der Waals surface area contributed by atoms with Crippen LogP contribution in [0.2, 0.25) is 0 Å². The van der Waals surface area contributed by atoms with E-state index >= 15 is 0 Å². The Labute approximate surface area is 301 Å². The topological polar surface area (TPSA) is 136 Å². The van der Waals surface area contributed by atoms with E-state index in [1.807, 2.05) is 0 Å². The van der Waals surface area contributed by atoms with Crippen molar-refractivity contribution in [1.82, 2.24) is 9.97 Å². The van der Waals surface area contributed by atoms with Crippen molar-refractivity contribution in [2.45, 2.75) is 25.2 Å². The predicted octanol–water partition coefficient (Wildman–Crippen LogP) is 7.64. The molecule has 3 N–H and O–H groups in total. The molecule has 3 heterocycles. The van der Waals surface area contributed by atoms with Crippen LogP contribution in [0, 0.1) is 22.0 Å². The molecule has 0 spiro atoms. The van der Waals surface area contributed by atoms with Crippen LogP contribution < -0.4 is 30.0 Å². The number of rotatable bonds is 10. The van der Waals surface area contributed by atoms with Crippen LogP contribution in [0.5, 0.6) is 23.0 Å². The summed E-state index contributed by atoms with van der Waals surface area (Å²) >= 11 is 0. The Morgan fingerprint density at radius 2 is 1.13 bits per heavy atom. The predicted molar refractivity (Wildman–Crippen MR) is 178 cm³/mol. The van der Waals surface area contributed by atoms with Gasteiger partial charge in [0.25, 0.3) is 0 Å². The number of fused-ring (bicyclic) bond motifs is 1. The standard InChI is InChI=1S/C22H15F5N4O2.C14H13F3N2O2/c23-16-5-6-17(24)20-19(16)21(30-12-29-20)28-9-7-13-1-3-14(4-2-13)33-18-11-31(32)10-8-15(18)22(25,26)27;15-14(16,17)12-6-8-19(20)9-13(12)21-11-3-1-10(2-4-11)5-7-18/h1-6,8,10-12H,7,9H2,(H,28,29,30);1-4,6,8-9H,5,7,18H2. The molecular weight excluding hydrogens is 732 g/mol. The molecule has 0 saturated heterocycles. The average Bonchev–Trinajstić information content (AvgIpc) is 3.11. The molecule has 3 aromatic heterocycles. The van der Waals surface area contributed by atoms with E-state index in [9.17, 15) is 45.5 Å². The second-order valence-corrected chi connectivity index (χ2v) is 11.3. The largest absolute Gasteiger partial charge is 0.619 e. The summed E-state index contributed by atoms with van der Waals surface area (Å²) in [5.74, 6) is -2.00. The van der Waals surface area contributed by atoms with Crippen molar-refractivity contribution < 1.29 is 54.1 Å². The van der Waals surface area contributed by atoms with E-state index in [4.69, 9.17) is 15.2 Å². The molecule has 18 heteroatoms. The lowest BCUT2D eigenvalue weighted by Crippen LogP contribution is -2.26. The summed E-state index contributed by atoms with van der Waals surface area (Å²) in [6.45, 7) is 0.794. The highest BCUT2D eigenvalue weighted by atomic mass is 19.4. The van der Waals surface area contributed by atoms with E-state index in [0.717, 1.165) is 48.2 Å². The summed E-state index contributed by atoms with van der Waals surface area (Å²) in [4.78, 5) is 7.74. The number of pyridine rings is 2. The number of nitrogens with two attached hydrogens (primary N) is 1. The van der Waals surface area contributed by atoms with E-state index in [2.05, 4.69) is 15.3 Å². The van der Waals surface area contributed by atoms with Gasteiger partial charge in [-0.3, -0.25) is 0 Å². The summed E-state index contributed by atoms with van der Waals surface area (Å²) in [6, 6.07) is 16.0. The highest BCUT2D eigenvalue weighted by molar-refractivity contribution is 5.89. The minimum Gasteiger partial charge on any atom is -0.619 e. The summed E-state index contributed by atoms with van der Waals surface area (Å²) in [5, 5.41) is 25.4. The van der Waals surface area contributed by atoms with Gasteiger partial charge in [-0.15, -0.1) is 0 Å². The normalized spacial score (nSPS) is 11.5. The Balaban J connectivity index is 0.000000230. The second kappa shape index (κ2) is 16.6. The second-order valence-electron chi connectivity index (χ2n) is 11.3. The number of benzene rings is 3. The van der Waals surface area contributed by atoms with Crippen molar-refractivity contribution in [2.75, 3.05) is 18.4 Å². The van der Waals surface area contributed by atoms with Gasteiger partial charge < -0.3 is 30.9 Å². The molecular formula is C36H28F8N6O4. The van der Waals surface area contributed by atoms with Crippen LogP contribution >= 0.6 is 0 Å². The van der Waals surface area contributed by atoms with Gasteiger partial charge in [0.15, 0.2) is 12.4 Å². The van der Waals surface area contributed by atoms with Gasteiger partial charge in [0, 0.05) is 18.7 Å². The Morgan fingerprint density at radius 3 is 1.61 bits per heavy atom. The molecule has 0 aliphatic rings. The minimum atomic E-state index is -4.68. The van der Waals surface area contributed by atoms with E-state index < -0.39 is 46.6 Å². The molecule has 10 nitrogen and oxygen atoms in total. The van der Waals surface area contributed by atoms with Crippen LogP contribution in [0.15, 0.2) is 104 Å². The SMILES string of the molecule is NCCc1ccc(Oc2c[n+]([O-])ccc2C(F)(F)F)cc1.[O-][n+]1ccc(C(F)(F)F)c(Oc2ccc(CCNc3ncnc4c(F)ccc(F)c34)cc2)c1. The van der Waals surface area contributed by atoms with Crippen molar-refractivity contribution >= 4 is 16.7 Å². The number of aromatic nitrogens is 4. The summed E-state index contributed by atoms with van der Waals surface area (Å²) in [5.41, 5.74) is 4.96. The number of nitrogens with zero attached hydrogens (tertiary/aromatic N) is 4. The zero-order valence-electron chi connectivity index (χ0n) is 27.7. The molecule has 282 valence electrons. The van der Waals surface area contributed by atoms with Crippen LogP contribution in [0.1, 0.15) is 22.3 Å². The van der Waals surface area contributed by atoms with Gasteiger partial charge in [-0.25, -0.2) is 18.7 Å². The number of alkyl halides is 6. The Kier molecular flexibility index (Phi) is 11.9. The number of nitrogens with one attached hydrogen (secondary N) is 1. The van der Waals surface area contributed by atoms with Gasteiger partial charge in [0.2, 0.25) is 23.9 Å². The number of ether oxygens (including phenoxy) is 2. The van der Waals surface area contributed by atoms with E-state index in [0.29, 0.717) is 44.3 Å². The van der Waals surface area contributed by atoms with Gasteiger partial charge in [-0.2, -0.15) is 35.8 Å². The lowest BCUT2D eigenvalue weighted by atomic mass is 10.1. The Bertz CT molecular complexity index is 2200. The maximum Gasteiger partial charge on any atom is 0.420 e. The summed E-state index contributed by atoms with van der Waals surface area (Å²) < 4.78 is 117. The van der Waals surface area contributed by atoms with Crippen LogP contribution in [-0.2, 0) is 25.2 Å². The average molecular weight is 761 g/mol. The van der Waals surface area contributed by atoms with Crippen LogP contribution in [0.25, 0.3) is 10.9 Å². The Hall–Kier alpha value is -6.30. The molecule has 0 saturated carbocycles. The molecule has 0 aliphatic heterocycles. The molecule has 3 aromatic carbocycles. The third-order valence-corrected chi connectivity index (χ3v) is 7.54. The molecule has 0 atom stereocenters. The maximum atomic E-state index is 14.1. The minimum absolute atomic E-state index is 0.0554. The highest BCUT2D eigenvalue weighted by Gasteiger charge is 2.37. The van der Waals surface area contributed by atoms with Crippen molar-refractivity contribution in [3.05, 3.63) is 148 Å². The van der Waals surface area contributed by atoms with Crippen molar-refractivity contribution in [2.24, 2.45) is 5.73 Å². The first-order valence-electron chi connectivity index (χ1n) is 15.8. The fraction of sp³-hybridized carbons (Fsp3) is 0.167. The monoisotopic (exact) mass is 760 g/mol. The molecule has 0 bridgehead atoms. The summed E-state index contributed by atoms with van der Waals surface area (Å²) in [6.07, 6.45) is -4.06. The molecule has 0 amide bonds. The van der Waals surface area contributed by atoms with Crippen LogP contribution in [0.4, 0.5) is 40.9 Å². The fourth-order valence-electron chi connectivity index (χ4n) is 4.98. The molecule has 6 rings (SSSR count). The van der Waals surface area contributed by atoms with Gasteiger partial charge in [-0.1, -0.05) is 24.3 Å². The van der Waals surface area contributed by atoms with E-state index in [1.165, 1.54) is 24.3 Å². The van der Waals surface area contributed by atoms with Crippen molar-refractivity contribution in [1.29, 1.82) is 0 Å². The number of halogens is 8. The zero-order chi connectivity index (χ0) is 39.0. The molecule has 54 heavy (non-hydrogen) atoms. The van der Waals surface area contributed by atoms with E-state index in [-0.39, 0.29) is 37.7 Å². The van der Waals surface area contributed by atoms with Crippen molar-refractivity contribution in [3.8, 4) is 23.0 Å². The van der Waals surface area contributed by atoms with Crippen molar-refractivity contribution in [3.63, 3.8) is 0 Å². The van der Waals surface area contributed by atoms with Crippen LogP contribution in [0.3, 0.4) is 0 Å². The van der Waals surface area contributed by atoms with Gasteiger partial charge in [0.05, 0.1) is 5.39 Å². The lowest BCUT2D eigenvalue weighted by molar-refractivity contribution is -0.606. The highest BCUT2D eigenvalue weighted by Crippen LogP contribution is 2.38. The smallest absolute Gasteiger partial charge is 0.420 e. The third kappa shape index (κ3) is 9.97. The Morgan fingerprint density at radius 1 is 0.648 bits per heavy atom. The first-order chi connectivity index (χ1) is 25.6. The fourth-order valence-corrected chi connectivity index (χ4v) is 4.98. The van der Waals surface area contributed by atoms with Crippen LogP contribution in [-0.4, -0.2) is 23.1 Å². The van der Waals surface area contributed by atoms with Gasteiger partial charge in [-0.05, 0) is 66.9 Å². The number of hydrogen-bond donors (Lipinski definition) is 2. The lowest BCUT2D eigenvalue weighted by Gasteiger charge is -2.13. The molecule has 0 unspecified atom stereocenters. The molecule has 6 aromatic rings. The third-order valence-electron chi connectivity index (χ3n) is 7.54. The first kappa shape index (κ1) is 38.9. The molecule has 0 fully saturated rings. The zero-order valence-corrected chi connectivity index (χ0v) is 27.7. The van der Waals surface area contributed by atoms with Gasteiger partial charge >= 0.3 is 12.4 Å². The molecule has 0 radical (unpaired) electrons. The summed E-state index contributed by atoms with van der Waals surface area (Å²) in [7, 11) is 0.